The van der Waals surface area contributed by atoms with Crippen LogP contribution in [0.2, 0.25) is 0 Å². The van der Waals surface area contributed by atoms with Gasteiger partial charge in [-0.25, -0.2) is 4.79 Å². The van der Waals surface area contributed by atoms with Gasteiger partial charge in [-0.1, -0.05) is 25.3 Å². The van der Waals surface area contributed by atoms with Gasteiger partial charge in [0.25, 0.3) is 0 Å². The number of hydrogen-bond acceptors (Lipinski definition) is 2. The summed E-state index contributed by atoms with van der Waals surface area (Å²) in [5.74, 6) is -0.434. The minimum atomic E-state index is -0.434. The highest BCUT2D eigenvalue weighted by Gasteiger charge is 2.04. The van der Waals surface area contributed by atoms with Gasteiger partial charge in [0.15, 0.2) is 0 Å². The van der Waals surface area contributed by atoms with Crippen LogP contribution in [-0.2, 0) is 9.53 Å². The predicted octanol–water partition coefficient (Wildman–Crippen LogP) is 1.85. The summed E-state index contributed by atoms with van der Waals surface area (Å²) < 4.78 is 4.84. The van der Waals surface area contributed by atoms with Crippen LogP contribution in [0.1, 0.15) is 6.42 Å². The van der Waals surface area contributed by atoms with Crippen molar-refractivity contribution in [2.75, 3.05) is 0 Å². The van der Waals surface area contributed by atoms with E-state index in [2.05, 4.69) is 19.7 Å². The molecular weight excluding hydrogens is 140 g/mol. The number of rotatable bonds is 5. The molecule has 0 aromatic rings. The highest BCUT2D eigenvalue weighted by Crippen LogP contribution is 2.00. The number of esters is 1. The molecule has 0 aliphatic carbocycles. The van der Waals surface area contributed by atoms with E-state index in [1.165, 1.54) is 0 Å². The first kappa shape index (κ1) is 9.69. The maximum atomic E-state index is 10.6. The van der Waals surface area contributed by atoms with Crippen molar-refractivity contribution in [1.29, 1.82) is 0 Å². The standard InChI is InChI=1S/C9H12O2/c1-4-7-8(5-2)11-9(10)6-3/h4-6,8H,1-3,7H2. The third kappa shape index (κ3) is 4.14. The molecule has 60 valence electrons. The second-order valence-corrected chi connectivity index (χ2v) is 1.94. The van der Waals surface area contributed by atoms with Crippen molar-refractivity contribution >= 4 is 5.97 Å². The van der Waals surface area contributed by atoms with Crippen LogP contribution in [0.4, 0.5) is 0 Å². The molecule has 0 heterocycles. The van der Waals surface area contributed by atoms with Crippen molar-refractivity contribution in [2.45, 2.75) is 12.5 Å². The van der Waals surface area contributed by atoms with E-state index < -0.39 is 5.97 Å². The van der Waals surface area contributed by atoms with Gasteiger partial charge in [-0.05, 0) is 0 Å². The monoisotopic (exact) mass is 152 g/mol. The summed E-state index contributed by atoms with van der Waals surface area (Å²) in [5, 5.41) is 0. The highest BCUT2D eigenvalue weighted by molar-refractivity contribution is 5.81. The fourth-order valence-corrected chi connectivity index (χ4v) is 0.554. The minimum Gasteiger partial charge on any atom is -0.455 e. The molecule has 1 unspecified atom stereocenters. The van der Waals surface area contributed by atoms with Crippen LogP contribution < -0.4 is 0 Å². The Morgan fingerprint density at radius 2 is 2.09 bits per heavy atom. The van der Waals surface area contributed by atoms with E-state index in [-0.39, 0.29) is 6.10 Å². The lowest BCUT2D eigenvalue weighted by Gasteiger charge is -2.09. The van der Waals surface area contributed by atoms with Crippen LogP contribution in [0, 0.1) is 0 Å². The second-order valence-electron chi connectivity index (χ2n) is 1.94. The molecule has 0 radical (unpaired) electrons. The van der Waals surface area contributed by atoms with E-state index >= 15 is 0 Å². The van der Waals surface area contributed by atoms with Crippen molar-refractivity contribution in [2.24, 2.45) is 0 Å². The van der Waals surface area contributed by atoms with Crippen molar-refractivity contribution < 1.29 is 9.53 Å². The zero-order chi connectivity index (χ0) is 8.69. The molecule has 0 bridgehead atoms. The zero-order valence-corrected chi connectivity index (χ0v) is 6.45. The smallest absolute Gasteiger partial charge is 0.330 e. The summed E-state index contributed by atoms with van der Waals surface area (Å²) in [7, 11) is 0. The zero-order valence-electron chi connectivity index (χ0n) is 6.45. The van der Waals surface area contributed by atoms with E-state index in [0.717, 1.165) is 6.08 Å². The fourth-order valence-electron chi connectivity index (χ4n) is 0.554. The molecule has 1 atom stereocenters. The van der Waals surface area contributed by atoms with Gasteiger partial charge in [-0.2, -0.15) is 0 Å². The number of carbonyl (C=O) groups excluding carboxylic acids is 1. The number of ether oxygens (including phenoxy) is 1. The third-order valence-electron chi connectivity index (χ3n) is 1.10. The lowest BCUT2D eigenvalue weighted by molar-refractivity contribution is -0.140. The summed E-state index contributed by atoms with van der Waals surface area (Å²) in [4.78, 5) is 10.6. The van der Waals surface area contributed by atoms with Gasteiger partial charge >= 0.3 is 5.97 Å². The summed E-state index contributed by atoms with van der Waals surface area (Å²) >= 11 is 0. The quantitative estimate of drug-likeness (QED) is 0.341. The van der Waals surface area contributed by atoms with Crippen LogP contribution in [0.3, 0.4) is 0 Å². The van der Waals surface area contributed by atoms with Crippen LogP contribution in [-0.4, -0.2) is 12.1 Å². The van der Waals surface area contributed by atoms with E-state index in [9.17, 15) is 4.79 Å². The molecule has 0 N–H and O–H groups in total. The number of hydrogen-bond donors (Lipinski definition) is 0. The fraction of sp³-hybridized carbons (Fsp3) is 0.222. The normalized spacial score (nSPS) is 11.3. The van der Waals surface area contributed by atoms with Gasteiger partial charge in [-0.3, -0.25) is 0 Å². The first-order valence-electron chi connectivity index (χ1n) is 3.31. The van der Waals surface area contributed by atoms with Crippen molar-refractivity contribution in [1.82, 2.24) is 0 Å². The highest BCUT2D eigenvalue weighted by atomic mass is 16.5. The van der Waals surface area contributed by atoms with Gasteiger partial charge in [-0.15, -0.1) is 6.58 Å². The van der Waals surface area contributed by atoms with Gasteiger partial charge in [0, 0.05) is 12.5 Å². The summed E-state index contributed by atoms with van der Waals surface area (Å²) in [5.41, 5.74) is 0. The van der Waals surface area contributed by atoms with Crippen molar-refractivity contribution in [3.63, 3.8) is 0 Å². The summed E-state index contributed by atoms with van der Waals surface area (Å²) in [6.07, 6.45) is 4.66. The molecule has 2 nitrogen and oxygen atoms in total. The maximum absolute atomic E-state index is 10.6. The van der Waals surface area contributed by atoms with Gasteiger partial charge in [0.1, 0.15) is 6.10 Å². The largest absolute Gasteiger partial charge is 0.455 e. The Bertz CT molecular complexity index is 170. The molecule has 2 heteroatoms. The van der Waals surface area contributed by atoms with Crippen molar-refractivity contribution in [3.05, 3.63) is 38.0 Å². The van der Waals surface area contributed by atoms with Crippen molar-refractivity contribution in [3.8, 4) is 0 Å². The first-order valence-corrected chi connectivity index (χ1v) is 3.31. The molecule has 0 saturated heterocycles. The van der Waals surface area contributed by atoms with Gasteiger partial charge in [0.05, 0.1) is 0 Å². The Kier molecular flexibility index (Phi) is 4.82. The van der Waals surface area contributed by atoms with Crippen LogP contribution in [0.25, 0.3) is 0 Å². The third-order valence-corrected chi connectivity index (χ3v) is 1.10. The number of carbonyl (C=O) groups is 1. The Hall–Kier alpha value is -1.31. The molecule has 0 saturated carbocycles. The molecule has 0 aromatic heterocycles. The maximum Gasteiger partial charge on any atom is 0.330 e. The average Bonchev–Trinajstić information content (AvgIpc) is 2.03. The lowest BCUT2D eigenvalue weighted by Crippen LogP contribution is -2.12. The molecule has 0 spiro atoms. The van der Waals surface area contributed by atoms with E-state index in [1.54, 1.807) is 12.2 Å². The average molecular weight is 152 g/mol. The van der Waals surface area contributed by atoms with Crippen LogP contribution >= 0.6 is 0 Å². The molecule has 0 aliphatic heterocycles. The van der Waals surface area contributed by atoms with E-state index in [4.69, 9.17) is 4.74 Å². The second kappa shape index (κ2) is 5.47. The van der Waals surface area contributed by atoms with Gasteiger partial charge in [0.2, 0.25) is 0 Å². The van der Waals surface area contributed by atoms with Gasteiger partial charge < -0.3 is 4.74 Å². The lowest BCUT2D eigenvalue weighted by atomic mass is 10.2. The molecular formula is C9H12O2. The van der Waals surface area contributed by atoms with E-state index in [0.29, 0.717) is 6.42 Å². The molecule has 0 amide bonds. The minimum absolute atomic E-state index is 0.280. The Morgan fingerprint density at radius 1 is 1.45 bits per heavy atom. The molecule has 11 heavy (non-hydrogen) atoms. The SMILES string of the molecule is C=CCC(C=C)OC(=O)C=C. The van der Waals surface area contributed by atoms with E-state index in [1.807, 2.05) is 0 Å². The molecule has 0 aliphatic rings. The summed E-state index contributed by atoms with van der Waals surface area (Å²) in [6, 6.07) is 0. The molecule has 0 fully saturated rings. The topological polar surface area (TPSA) is 26.3 Å². The Labute approximate surface area is 66.9 Å². The first-order chi connectivity index (χ1) is 5.24. The molecule has 0 rings (SSSR count). The molecule has 0 aromatic carbocycles. The van der Waals surface area contributed by atoms with Crippen LogP contribution in [0.5, 0.6) is 0 Å². The summed E-state index contributed by atoms with van der Waals surface area (Å²) in [6.45, 7) is 10.3. The van der Waals surface area contributed by atoms with Crippen LogP contribution in [0.15, 0.2) is 38.0 Å². The predicted molar refractivity (Wildman–Crippen MR) is 45.1 cm³/mol. The Morgan fingerprint density at radius 3 is 2.45 bits per heavy atom. The Balaban J connectivity index is 3.85.